The van der Waals surface area contributed by atoms with Crippen molar-refractivity contribution in [3.8, 4) is 16.9 Å². The van der Waals surface area contributed by atoms with E-state index in [0.717, 1.165) is 28.6 Å². The second-order valence-corrected chi connectivity index (χ2v) is 9.73. The van der Waals surface area contributed by atoms with Gasteiger partial charge in [-0.1, -0.05) is 61.0 Å². The molecule has 38 heavy (non-hydrogen) atoms. The van der Waals surface area contributed by atoms with Crippen LogP contribution >= 0.6 is 0 Å². The Bertz CT molecular complexity index is 1520. The standard InChI is InChI=1S/C30H30N6O2/c37-30(38-26-17-33-36(21-26)20-22-7-3-1-4-8-22)34-28-18-32-29-27(28)15-25(16-31-29)24-11-9-23(10-12-24)19-35-13-5-2-6-14-35/h1,3-4,7-12,15-18,21H,2,5-6,13-14,19-20H2,(H,31,32)(H,34,37). The molecule has 0 unspecified atom stereocenters. The molecule has 2 N–H and O–H groups in total. The van der Waals surface area contributed by atoms with Crippen LogP contribution in [0.5, 0.6) is 5.75 Å². The summed E-state index contributed by atoms with van der Waals surface area (Å²) in [7, 11) is 0. The molecule has 0 bridgehead atoms. The molecule has 5 aromatic rings. The van der Waals surface area contributed by atoms with Gasteiger partial charge in [0, 0.05) is 29.9 Å². The second-order valence-electron chi connectivity index (χ2n) is 9.73. The van der Waals surface area contributed by atoms with Crippen molar-refractivity contribution in [1.29, 1.82) is 0 Å². The second kappa shape index (κ2) is 10.9. The third-order valence-corrected chi connectivity index (χ3v) is 6.92. The minimum atomic E-state index is -0.586. The lowest BCUT2D eigenvalue weighted by molar-refractivity contribution is 0.215. The van der Waals surface area contributed by atoms with Gasteiger partial charge in [0.15, 0.2) is 5.75 Å². The van der Waals surface area contributed by atoms with Gasteiger partial charge in [0.1, 0.15) is 5.65 Å². The number of amides is 1. The van der Waals surface area contributed by atoms with Crippen LogP contribution in [0.25, 0.3) is 22.2 Å². The first-order valence-electron chi connectivity index (χ1n) is 13.0. The van der Waals surface area contributed by atoms with Gasteiger partial charge >= 0.3 is 6.09 Å². The molecule has 8 nitrogen and oxygen atoms in total. The third kappa shape index (κ3) is 5.60. The number of anilines is 1. The fourth-order valence-electron chi connectivity index (χ4n) is 4.94. The van der Waals surface area contributed by atoms with E-state index in [1.807, 2.05) is 42.6 Å². The molecule has 1 amide bonds. The number of rotatable bonds is 7. The molecule has 1 fully saturated rings. The van der Waals surface area contributed by atoms with Crippen molar-refractivity contribution in [3.05, 3.63) is 96.6 Å². The zero-order valence-corrected chi connectivity index (χ0v) is 21.1. The number of ether oxygens (including phenoxy) is 1. The Morgan fingerprint density at radius 1 is 0.921 bits per heavy atom. The summed E-state index contributed by atoms with van der Waals surface area (Å²) in [5, 5.41) is 7.94. The van der Waals surface area contributed by atoms with Crippen LogP contribution in [-0.2, 0) is 13.1 Å². The Balaban J connectivity index is 1.11. The van der Waals surface area contributed by atoms with Crippen LogP contribution in [0.1, 0.15) is 30.4 Å². The van der Waals surface area contributed by atoms with Crippen molar-refractivity contribution in [2.45, 2.75) is 32.4 Å². The summed E-state index contributed by atoms with van der Waals surface area (Å²) < 4.78 is 7.21. The number of pyridine rings is 1. The Hall–Kier alpha value is -4.43. The van der Waals surface area contributed by atoms with Gasteiger partial charge in [-0.3, -0.25) is 14.9 Å². The summed E-state index contributed by atoms with van der Waals surface area (Å²) in [5.74, 6) is 0.377. The van der Waals surface area contributed by atoms with Crippen LogP contribution in [0, 0.1) is 0 Å². The molecule has 0 spiro atoms. The number of fused-ring (bicyclic) bond motifs is 1. The molecule has 0 saturated carbocycles. The minimum absolute atomic E-state index is 0.377. The van der Waals surface area contributed by atoms with Crippen LogP contribution in [-0.4, -0.2) is 43.8 Å². The Kier molecular flexibility index (Phi) is 6.87. The number of aromatic nitrogens is 4. The molecule has 1 saturated heterocycles. The molecule has 3 aromatic heterocycles. The maximum Gasteiger partial charge on any atom is 0.417 e. The molecule has 1 aliphatic rings. The number of benzene rings is 2. The summed E-state index contributed by atoms with van der Waals surface area (Å²) in [6.45, 7) is 3.97. The topological polar surface area (TPSA) is 88.1 Å². The van der Waals surface area contributed by atoms with Crippen molar-refractivity contribution in [2.75, 3.05) is 18.4 Å². The lowest BCUT2D eigenvalue weighted by atomic mass is 10.0. The van der Waals surface area contributed by atoms with E-state index in [4.69, 9.17) is 4.74 Å². The third-order valence-electron chi connectivity index (χ3n) is 6.92. The highest BCUT2D eigenvalue weighted by Gasteiger charge is 2.14. The zero-order chi connectivity index (χ0) is 25.7. The number of hydrogen-bond donors (Lipinski definition) is 2. The lowest BCUT2D eigenvalue weighted by Crippen LogP contribution is -2.28. The quantitative estimate of drug-likeness (QED) is 0.280. The van der Waals surface area contributed by atoms with Crippen LogP contribution < -0.4 is 10.1 Å². The smallest absolute Gasteiger partial charge is 0.407 e. The van der Waals surface area contributed by atoms with Crippen LogP contribution in [0.15, 0.2) is 85.5 Å². The highest BCUT2D eigenvalue weighted by atomic mass is 16.6. The van der Waals surface area contributed by atoms with Crippen LogP contribution in [0.4, 0.5) is 10.5 Å². The van der Waals surface area contributed by atoms with Crippen molar-refractivity contribution >= 4 is 22.8 Å². The number of H-pyrrole nitrogens is 1. The molecule has 0 aliphatic carbocycles. The molecule has 0 atom stereocenters. The summed E-state index contributed by atoms with van der Waals surface area (Å²) in [4.78, 5) is 22.8. The Morgan fingerprint density at radius 3 is 2.53 bits per heavy atom. The number of piperidine rings is 1. The van der Waals surface area contributed by atoms with E-state index in [1.54, 1.807) is 17.1 Å². The molecule has 6 rings (SSSR count). The highest BCUT2D eigenvalue weighted by Crippen LogP contribution is 2.28. The minimum Gasteiger partial charge on any atom is -0.407 e. The van der Waals surface area contributed by atoms with Crippen molar-refractivity contribution in [1.82, 2.24) is 24.6 Å². The van der Waals surface area contributed by atoms with Gasteiger partial charge in [0.2, 0.25) is 0 Å². The number of carbonyl (C=O) groups is 1. The molecular formula is C30H30N6O2. The largest absolute Gasteiger partial charge is 0.417 e. The molecule has 4 heterocycles. The van der Waals surface area contributed by atoms with Crippen LogP contribution in [0.3, 0.4) is 0 Å². The van der Waals surface area contributed by atoms with E-state index in [0.29, 0.717) is 23.6 Å². The van der Waals surface area contributed by atoms with E-state index in [9.17, 15) is 4.79 Å². The van der Waals surface area contributed by atoms with Crippen molar-refractivity contribution in [2.24, 2.45) is 0 Å². The van der Waals surface area contributed by atoms with Gasteiger partial charge in [-0.25, -0.2) is 9.78 Å². The first-order chi connectivity index (χ1) is 18.7. The SMILES string of the molecule is O=C(Nc1c[nH]c2ncc(-c3ccc(CN4CCCCC4)cc3)cc12)Oc1cnn(Cc2ccccc2)c1. The van der Waals surface area contributed by atoms with E-state index < -0.39 is 6.09 Å². The normalized spacial score (nSPS) is 14.0. The summed E-state index contributed by atoms with van der Waals surface area (Å²) in [6.07, 6.45) is 10.2. The van der Waals surface area contributed by atoms with E-state index >= 15 is 0 Å². The monoisotopic (exact) mass is 506 g/mol. The number of nitrogens with zero attached hydrogens (tertiary/aromatic N) is 4. The van der Waals surface area contributed by atoms with E-state index in [-0.39, 0.29) is 0 Å². The Morgan fingerprint density at radius 2 is 1.71 bits per heavy atom. The van der Waals surface area contributed by atoms with Crippen molar-refractivity contribution < 1.29 is 9.53 Å². The predicted molar refractivity (Wildman–Crippen MR) is 148 cm³/mol. The Labute approximate surface area is 221 Å². The number of likely N-dealkylation sites (tertiary alicyclic amines) is 1. The average molecular weight is 507 g/mol. The summed E-state index contributed by atoms with van der Waals surface area (Å²) in [6, 6.07) is 20.7. The fourth-order valence-corrected chi connectivity index (χ4v) is 4.94. The van der Waals surface area contributed by atoms with Gasteiger partial charge in [0.05, 0.1) is 24.6 Å². The molecular weight excluding hydrogens is 476 g/mol. The van der Waals surface area contributed by atoms with Gasteiger partial charge in [-0.2, -0.15) is 5.10 Å². The lowest BCUT2D eigenvalue weighted by Gasteiger charge is -2.26. The molecule has 192 valence electrons. The van der Waals surface area contributed by atoms with E-state index in [2.05, 4.69) is 49.5 Å². The molecule has 0 radical (unpaired) electrons. The highest BCUT2D eigenvalue weighted by molar-refractivity contribution is 6.00. The maximum atomic E-state index is 12.6. The molecule has 1 aliphatic heterocycles. The van der Waals surface area contributed by atoms with Gasteiger partial charge in [-0.15, -0.1) is 0 Å². The molecule has 8 heteroatoms. The number of hydrogen-bond acceptors (Lipinski definition) is 5. The average Bonchev–Trinajstić information content (AvgIpc) is 3.56. The van der Waals surface area contributed by atoms with Crippen LogP contribution in [0.2, 0.25) is 0 Å². The van der Waals surface area contributed by atoms with Gasteiger partial charge in [-0.05, 0) is 48.7 Å². The maximum absolute atomic E-state index is 12.6. The number of aromatic amines is 1. The summed E-state index contributed by atoms with van der Waals surface area (Å²) in [5.41, 5.74) is 5.82. The fraction of sp³-hybridized carbons (Fsp3) is 0.233. The molecule has 2 aromatic carbocycles. The van der Waals surface area contributed by atoms with Crippen molar-refractivity contribution in [3.63, 3.8) is 0 Å². The van der Waals surface area contributed by atoms with Gasteiger partial charge in [0.25, 0.3) is 0 Å². The number of nitrogens with one attached hydrogen (secondary N) is 2. The number of carbonyl (C=O) groups excluding carboxylic acids is 1. The predicted octanol–water partition coefficient (Wildman–Crippen LogP) is 6.07. The van der Waals surface area contributed by atoms with E-state index in [1.165, 1.54) is 44.1 Å². The summed E-state index contributed by atoms with van der Waals surface area (Å²) >= 11 is 0. The van der Waals surface area contributed by atoms with Gasteiger partial charge < -0.3 is 9.72 Å². The first kappa shape index (κ1) is 23.9. The zero-order valence-electron chi connectivity index (χ0n) is 21.1. The first-order valence-corrected chi connectivity index (χ1v) is 13.0.